The fraction of sp³-hybridized carbons (Fsp3) is 0.429. The SMILES string of the molecule is Cc1[nH]c(=O)sc1S(=O)(=O)N[C@@H](CO)C(=O)O. The molecule has 1 aromatic heterocycles. The minimum Gasteiger partial charge on any atom is -0.480 e. The molecule has 96 valence electrons. The molecule has 4 N–H and O–H groups in total. The number of carbonyl (C=O) groups is 1. The number of nitrogens with one attached hydrogen (secondary N) is 2. The van der Waals surface area contributed by atoms with Gasteiger partial charge in [0.05, 0.1) is 6.61 Å². The number of H-pyrrole nitrogens is 1. The van der Waals surface area contributed by atoms with Crippen molar-refractivity contribution < 1.29 is 23.4 Å². The molecule has 1 aromatic rings. The number of carboxylic acid groups (broad SMARTS) is 1. The highest BCUT2D eigenvalue weighted by molar-refractivity contribution is 7.91. The molecule has 0 amide bonds. The Balaban J connectivity index is 3.08. The summed E-state index contributed by atoms with van der Waals surface area (Å²) in [5.41, 5.74) is 0.120. The van der Waals surface area contributed by atoms with Crippen LogP contribution in [0.3, 0.4) is 0 Å². The highest BCUT2D eigenvalue weighted by Gasteiger charge is 2.27. The molecular formula is C7H10N2O6S2. The van der Waals surface area contributed by atoms with Crippen molar-refractivity contribution in [1.29, 1.82) is 0 Å². The van der Waals surface area contributed by atoms with Gasteiger partial charge in [0, 0.05) is 5.69 Å². The van der Waals surface area contributed by atoms with Crippen molar-refractivity contribution in [3.63, 3.8) is 0 Å². The zero-order chi connectivity index (χ0) is 13.2. The van der Waals surface area contributed by atoms with Gasteiger partial charge in [-0.15, -0.1) is 0 Å². The molecule has 0 saturated carbocycles. The van der Waals surface area contributed by atoms with E-state index in [1.807, 2.05) is 0 Å². The van der Waals surface area contributed by atoms with Crippen LogP contribution in [0.1, 0.15) is 5.69 Å². The van der Waals surface area contributed by atoms with E-state index in [4.69, 9.17) is 10.2 Å². The minimum absolute atomic E-state index is 0.120. The van der Waals surface area contributed by atoms with Crippen molar-refractivity contribution in [2.24, 2.45) is 0 Å². The fourth-order valence-electron chi connectivity index (χ4n) is 1.05. The molecule has 0 aliphatic rings. The van der Waals surface area contributed by atoms with Gasteiger partial charge in [0.1, 0.15) is 6.04 Å². The van der Waals surface area contributed by atoms with Crippen LogP contribution >= 0.6 is 11.3 Å². The smallest absolute Gasteiger partial charge is 0.324 e. The molecule has 0 spiro atoms. The topological polar surface area (TPSA) is 137 Å². The van der Waals surface area contributed by atoms with E-state index < -0.39 is 33.5 Å². The molecule has 0 aliphatic heterocycles. The number of hydrogen-bond acceptors (Lipinski definition) is 6. The van der Waals surface area contributed by atoms with Crippen molar-refractivity contribution >= 4 is 27.3 Å². The van der Waals surface area contributed by atoms with Crippen LogP contribution in [0, 0.1) is 6.92 Å². The maximum atomic E-state index is 11.7. The van der Waals surface area contributed by atoms with E-state index in [2.05, 4.69) is 4.98 Å². The van der Waals surface area contributed by atoms with Gasteiger partial charge in [-0.25, -0.2) is 8.42 Å². The number of aliphatic hydroxyl groups excluding tert-OH is 1. The van der Waals surface area contributed by atoms with Gasteiger partial charge in [0.15, 0.2) is 4.21 Å². The quantitative estimate of drug-likeness (QED) is 0.517. The first-order valence-corrected chi connectivity index (χ1v) is 6.63. The van der Waals surface area contributed by atoms with E-state index in [9.17, 15) is 18.0 Å². The molecule has 0 radical (unpaired) electrons. The number of carboxylic acids is 1. The molecule has 0 bridgehead atoms. The standard InChI is InChI=1S/C7H10N2O6S2/c1-3-6(16-7(13)8-3)17(14,15)9-4(2-10)5(11)12/h4,9-10H,2H2,1H3,(H,8,13)(H,11,12)/t4-/m0/s1. The van der Waals surface area contributed by atoms with Gasteiger partial charge >= 0.3 is 10.8 Å². The van der Waals surface area contributed by atoms with E-state index >= 15 is 0 Å². The molecule has 0 aromatic carbocycles. The lowest BCUT2D eigenvalue weighted by Gasteiger charge is -2.11. The Morgan fingerprint density at radius 3 is 2.53 bits per heavy atom. The summed E-state index contributed by atoms with van der Waals surface area (Å²) in [6, 6.07) is -1.64. The largest absolute Gasteiger partial charge is 0.480 e. The lowest BCUT2D eigenvalue weighted by molar-refractivity contribution is -0.139. The van der Waals surface area contributed by atoms with Gasteiger partial charge in [0.25, 0.3) is 10.0 Å². The highest BCUT2D eigenvalue weighted by Crippen LogP contribution is 2.15. The first-order chi connectivity index (χ1) is 7.77. The number of aromatic nitrogens is 1. The Morgan fingerprint density at radius 1 is 1.59 bits per heavy atom. The third-order valence-electron chi connectivity index (χ3n) is 1.80. The zero-order valence-electron chi connectivity index (χ0n) is 8.63. The van der Waals surface area contributed by atoms with Gasteiger partial charge in [-0.1, -0.05) is 11.3 Å². The Hall–Kier alpha value is -1.23. The molecule has 1 heterocycles. The van der Waals surface area contributed by atoms with Crippen molar-refractivity contribution in [3.8, 4) is 0 Å². The summed E-state index contributed by atoms with van der Waals surface area (Å²) in [6.45, 7) is 0.494. The summed E-state index contributed by atoms with van der Waals surface area (Å²) >= 11 is 0.449. The maximum Gasteiger partial charge on any atom is 0.324 e. The van der Waals surface area contributed by atoms with Crippen LogP contribution in [0.4, 0.5) is 0 Å². The second kappa shape index (κ2) is 4.96. The minimum atomic E-state index is -4.13. The van der Waals surface area contributed by atoms with E-state index in [-0.39, 0.29) is 9.90 Å². The molecule has 17 heavy (non-hydrogen) atoms. The first kappa shape index (κ1) is 13.8. The number of sulfonamides is 1. The second-order valence-electron chi connectivity index (χ2n) is 3.12. The summed E-state index contributed by atoms with van der Waals surface area (Å²) < 4.78 is 24.9. The normalized spacial score (nSPS) is 13.5. The number of aliphatic hydroxyl groups is 1. The Kier molecular flexibility index (Phi) is 4.03. The number of thiazole rings is 1. The molecule has 0 fully saturated rings. The molecule has 10 heteroatoms. The van der Waals surface area contributed by atoms with Crippen molar-refractivity contribution in [1.82, 2.24) is 9.71 Å². The van der Waals surface area contributed by atoms with Gasteiger partial charge in [-0.3, -0.25) is 9.59 Å². The second-order valence-corrected chi connectivity index (χ2v) is 6.01. The van der Waals surface area contributed by atoms with Crippen LogP contribution in [-0.2, 0) is 14.8 Å². The molecule has 0 unspecified atom stereocenters. The fourth-order valence-corrected chi connectivity index (χ4v) is 3.55. The number of aliphatic carboxylic acids is 1. The van der Waals surface area contributed by atoms with Crippen LogP contribution in [-0.4, -0.2) is 42.2 Å². The molecule has 1 rings (SSSR count). The maximum absolute atomic E-state index is 11.7. The number of hydrogen-bond donors (Lipinski definition) is 4. The molecular weight excluding hydrogens is 272 g/mol. The van der Waals surface area contributed by atoms with Crippen molar-refractivity contribution in [2.75, 3.05) is 6.61 Å². The monoisotopic (exact) mass is 282 g/mol. The third-order valence-corrected chi connectivity index (χ3v) is 4.88. The van der Waals surface area contributed by atoms with Gasteiger partial charge < -0.3 is 15.2 Å². The summed E-state index contributed by atoms with van der Waals surface area (Å²) in [4.78, 5) is 23.2. The molecule has 8 nitrogen and oxygen atoms in total. The third kappa shape index (κ3) is 3.12. The predicted octanol–water partition coefficient (Wildman–Crippen LogP) is -1.53. The van der Waals surface area contributed by atoms with Gasteiger partial charge in [-0.05, 0) is 6.92 Å². The predicted molar refractivity (Wildman–Crippen MR) is 58.5 cm³/mol. The highest BCUT2D eigenvalue weighted by atomic mass is 32.2. The van der Waals surface area contributed by atoms with E-state index in [1.54, 1.807) is 4.72 Å². The van der Waals surface area contributed by atoms with Crippen LogP contribution in [0.2, 0.25) is 0 Å². The van der Waals surface area contributed by atoms with Crippen molar-refractivity contribution in [3.05, 3.63) is 15.4 Å². The van der Waals surface area contributed by atoms with Gasteiger partial charge in [0.2, 0.25) is 0 Å². The lowest BCUT2D eigenvalue weighted by Crippen LogP contribution is -2.43. The lowest BCUT2D eigenvalue weighted by atomic mass is 10.3. The van der Waals surface area contributed by atoms with Crippen LogP contribution in [0.5, 0.6) is 0 Å². The Morgan fingerprint density at radius 2 is 2.18 bits per heavy atom. The number of aryl methyl sites for hydroxylation is 1. The number of rotatable bonds is 5. The average molecular weight is 282 g/mol. The summed E-state index contributed by atoms with van der Waals surface area (Å²) in [5.74, 6) is -1.50. The van der Waals surface area contributed by atoms with Gasteiger partial charge in [-0.2, -0.15) is 4.72 Å². The van der Waals surface area contributed by atoms with E-state index in [1.165, 1.54) is 6.92 Å². The average Bonchev–Trinajstić information content (AvgIpc) is 2.54. The van der Waals surface area contributed by atoms with Crippen LogP contribution in [0.25, 0.3) is 0 Å². The summed E-state index contributed by atoms with van der Waals surface area (Å²) in [7, 11) is -4.13. The molecule has 0 saturated heterocycles. The Labute approximate surface area is 100.0 Å². The Bertz CT molecular complexity index is 571. The zero-order valence-corrected chi connectivity index (χ0v) is 10.3. The van der Waals surface area contributed by atoms with Crippen LogP contribution in [0.15, 0.2) is 9.00 Å². The van der Waals surface area contributed by atoms with E-state index in [0.29, 0.717) is 11.3 Å². The van der Waals surface area contributed by atoms with Crippen molar-refractivity contribution in [2.45, 2.75) is 17.2 Å². The van der Waals surface area contributed by atoms with Crippen LogP contribution < -0.4 is 9.60 Å². The van der Waals surface area contributed by atoms with E-state index in [0.717, 1.165) is 0 Å². The number of aromatic amines is 1. The molecule has 1 atom stereocenters. The summed E-state index contributed by atoms with van der Waals surface area (Å²) in [6.07, 6.45) is 0. The summed E-state index contributed by atoms with van der Waals surface area (Å²) in [5, 5.41) is 17.3. The first-order valence-electron chi connectivity index (χ1n) is 4.33. The molecule has 0 aliphatic carbocycles.